The molecule has 1 fully saturated rings. The number of amides is 1. The molecule has 9 heteroatoms. The van der Waals surface area contributed by atoms with Gasteiger partial charge in [-0.15, -0.1) is 0 Å². The first-order chi connectivity index (χ1) is 13.5. The normalized spacial score (nSPS) is 15.3. The zero-order valence-corrected chi connectivity index (χ0v) is 15.2. The monoisotopic (exact) mass is 387 g/mol. The van der Waals surface area contributed by atoms with Crippen LogP contribution in [0.5, 0.6) is 0 Å². The van der Waals surface area contributed by atoms with Crippen molar-refractivity contribution in [1.82, 2.24) is 19.4 Å². The molecular weight excluding hydrogens is 368 g/mol. The first-order valence-corrected chi connectivity index (χ1v) is 9.01. The number of rotatable bonds is 4. The summed E-state index contributed by atoms with van der Waals surface area (Å²) >= 11 is 0. The molecule has 146 valence electrons. The number of fused-ring (bicyclic) bond motifs is 1. The van der Waals surface area contributed by atoms with Crippen molar-refractivity contribution in [2.45, 2.75) is 32.1 Å². The molecule has 0 atom stereocenters. The Morgan fingerprint density at radius 3 is 2.75 bits per heavy atom. The molecule has 4 heterocycles. The fourth-order valence-electron chi connectivity index (χ4n) is 3.30. The van der Waals surface area contributed by atoms with E-state index in [1.165, 1.54) is 18.2 Å². The van der Waals surface area contributed by atoms with Crippen LogP contribution >= 0.6 is 0 Å². The van der Waals surface area contributed by atoms with E-state index in [4.69, 9.17) is 4.74 Å². The van der Waals surface area contributed by atoms with E-state index in [9.17, 15) is 13.6 Å². The number of anilines is 1. The molecule has 3 aromatic rings. The van der Waals surface area contributed by atoms with Crippen molar-refractivity contribution in [2.75, 3.05) is 18.5 Å². The van der Waals surface area contributed by atoms with Crippen LogP contribution in [-0.4, -0.2) is 38.5 Å². The Hall–Kier alpha value is -2.94. The van der Waals surface area contributed by atoms with Crippen LogP contribution in [0.3, 0.4) is 0 Å². The van der Waals surface area contributed by atoms with Crippen LogP contribution in [0.4, 0.5) is 14.6 Å². The van der Waals surface area contributed by atoms with E-state index in [-0.39, 0.29) is 5.69 Å². The lowest BCUT2D eigenvalue weighted by Gasteiger charge is -2.19. The second-order valence-electron chi connectivity index (χ2n) is 6.70. The van der Waals surface area contributed by atoms with Crippen LogP contribution < -0.4 is 5.32 Å². The Labute approximate surface area is 159 Å². The molecule has 28 heavy (non-hydrogen) atoms. The highest BCUT2D eigenvalue weighted by Gasteiger charge is 2.20. The molecule has 3 aromatic heterocycles. The number of hydrogen-bond acceptors (Lipinski definition) is 5. The van der Waals surface area contributed by atoms with Gasteiger partial charge < -0.3 is 14.5 Å². The molecule has 0 saturated carbocycles. The minimum Gasteiger partial charge on any atom is -0.381 e. The second kappa shape index (κ2) is 7.59. The highest BCUT2D eigenvalue weighted by molar-refractivity contribution is 6.02. The van der Waals surface area contributed by atoms with E-state index in [0.29, 0.717) is 17.4 Å². The molecule has 0 unspecified atom stereocenters. The van der Waals surface area contributed by atoms with Crippen molar-refractivity contribution in [3.8, 4) is 0 Å². The molecule has 0 aromatic carbocycles. The van der Waals surface area contributed by atoms with E-state index in [0.717, 1.165) is 37.4 Å². The van der Waals surface area contributed by atoms with Crippen molar-refractivity contribution in [3.05, 3.63) is 53.4 Å². The minimum atomic E-state index is -2.74. The molecule has 1 amide bonds. The van der Waals surface area contributed by atoms with Crippen LogP contribution in [0, 0.1) is 6.92 Å². The average molecular weight is 387 g/mol. The summed E-state index contributed by atoms with van der Waals surface area (Å²) in [7, 11) is 0. The maximum absolute atomic E-state index is 12.8. The van der Waals surface area contributed by atoms with Gasteiger partial charge in [0.25, 0.3) is 12.3 Å². The van der Waals surface area contributed by atoms with Gasteiger partial charge in [-0.05, 0) is 31.9 Å². The number of carbonyl (C=O) groups excluding carboxylic acids is 1. The Kier molecular flexibility index (Phi) is 4.99. The quantitative estimate of drug-likeness (QED) is 0.741. The van der Waals surface area contributed by atoms with E-state index in [1.54, 1.807) is 13.1 Å². The summed E-state index contributed by atoms with van der Waals surface area (Å²) in [6, 6.07) is 3.94. The lowest BCUT2D eigenvalue weighted by Crippen LogP contribution is -2.16. The average Bonchev–Trinajstić information content (AvgIpc) is 3.13. The summed E-state index contributed by atoms with van der Waals surface area (Å²) in [5.41, 5.74) is 1.82. The molecule has 1 N–H and O–H groups in total. The molecular formula is C19H19F2N5O2. The largest absolute Gasteiger partial charge is 0.381 e. The Morgan fingerprint density at radius 1 is 1.21 bits per heavy atom. The summed E-state index contributed by atoms with van der Waals surface area (Å²) in [5, 5.41) is 2.62. The summed E-state index contributed by atoms with van der Waals surface area (Å²) in [4.78, 5) is 25.1. The molecule has 1 aliphatic heterocycles. The standard InChI is InChI=1S/C19H19F2N5O2/c1-11-18-24-15(12-5-7-28-8-6-12)9-26(18)10-16(22-11)25-19(27)14-4-2-3-13(23-14)17(20)21/h2-4,9-10,12,17H,5-8H2,1H3,(H,25,27). The van der Waals surface area contributed by atoms with Gasteiger partial charge in [0, 0.05) is 25.3 Å². The van der Waals surface area contributed by atoms with Gasteiger partial charge >= 0.3 is 0 Å². The fourth-order valence-corrected chi connectivity index (χ4v) is 3.30. The Bertz CT molecular complexity index is 1010. The van der Waals surface area contributed by atoms with E-state index < -0.39 is 18.0 Å². The maximum Gasteiger partial charge on any atom is 0.280 e. The molecule has 0 spiro atoms. The first kappa shape index (κ1) is 18.4. The molecule has 0 radical (unpaired) electrons. The minimum absolute atomic E-state index is 0.0918. The Morgan fingerprint density at radius 2 is 2.00 bits per heavy atom. The third kappa shape index (κ3) is 3.70. The van der Waals surface area contributed by atoms with Gasteiger partial charge in [0.2, 0.25) is 0 Å². The summed E-state index contributed by atoms with van der Waals surface area (Å²) in [6.45, 7) is 3.25. The van der Waals surface area contributed by atoms with Gasteiger partial charge in [0.1, 0.15) is 17.2 Å². The maximum atomic E-state index is 12.8. The lowest BCUT2D eigenvalue weighted by atomic mass is 9.97. The van der Waals surface area contributed by atoms with Crippen molar-refractivity contribution in [3.63, 3.8) is 0 Å². The third-order valence-corrected chi connectivity index (χ3v) is 4.73. The summed E-state index contributed by atoms with van der Waals surface area (Å²) in [6.07, 6.45) is 2.70. The highest BCUT2D eigenvalue weighted by Crippen LogP contribution is 2.27. The van der Waals surface area contributed by atoms with E-state index in [2.05, 4.69) is 20.3 Å². The number of halogens is 2. The van der Waals surface area contributed by atoms with Gasteiger partial charge in [-0.25, -0.2) is 23.7 Å². The highest BCUT2D eigenvalue weighted by atomic mass is 19.3. The number of aromatic nitrogens is 4. The first-order valence-electron chi connectivity index (χ1n) is 9.01. The number of aryl methyl sites for hydroxylation is 1. The van der Waals surface area contributed by atoms with Crippen LogP contribution in [0.25, 0.3) is 5.65 Å². The van der Waals surface area contributed by atoms with Gasteiger partial charge in [-0.3, -0.25) is 4.79 Å². The number of carbonyl (C=O) groups is 1. The van der Waals surface area contributed by atoms with Crippen molar-refractivity contribution in [2.24, 2.45) is 0 Å². The molecule has 0 bridgehead atoms. The van der Waals surface area contributed by atoms with Gasteiger partial charge in [0.15, 0.2) is 5.65 Å². The van der Waals surface area contributed by atoms with Crippen LogP contribution in [-0.2, 0) is 4.74 Å². The van der Waals surface area contributed by atoms with Crippen LogP contribution in [0.15, 0.2) is 30.6 Å². The van der Waals surface area contributed by atoms with Crippen LogP contribution in [0.1, 0.15) is 52.8 Å². The topological polar surface area (TPSA) is 81.4 Å². The zero-order chi connectivity index (χ0) is 19.7. The molecule has 1 aliphatic rings. The lowest BCUT2D eigenvalue weighted by molar-refractivity contribution is 0.0846. The predicted molar refractivity (Wildman–Crippen MR) is 97.7 cm³/mol. The Balaban J connectivity index is 1.58. The number of nitrogens with one attached hydrogen (secondary N) is 1. The zero-order valence-electron chi connectivity index (χ0n) is 15.2. The number of hydrogen-bond donors (Lipinski definition) is 1. The number of pyridine rings is 1. The number of ether oxygens (including phenoxy) is 1. The smallest absolute Gasteiger partial charge is 0.280 e. The second-order valence-corrected chi connectivity index (χ2v) is 6.70. The predicted octanol–water partition coefficient (Wildman–Crippen LogP) is 3.52. The molecule has 1 saturated heterocycles. The van der Waals surface area contributed by atoms with Crippen molar-refractivity contribution in [1.29, 1.82) is 0 Å². The number of nitrogens with zero attached hydrogens (tertiary/aromatic N) is 4. The molecule has 4 rings (SSSR count). The number of alkyl halides is 2. The third-order valence-electron chi connectivity index (χ3n) is 4.73. The number of imidazole rings is 1. The molecule has 0 aliphatic carbocycles. The van der Waals surface area contributed by atoms with Crippen LogP contribution in [0.2, 0.25) is 0 Å². The van der Waals surface area contributed by atoms with Gasteiger partial charge in [-0.2, -0.15) is 0 Å². The fraction of sp³-hybridized carbons (Fsp3) is 0.368. The summed E-state index contributed by atoms with van der Waals surface area (Å²) < 4.78 is 32.8. The molecule has 7 nitrogen and oxygen atoms in total. The SMILES string of the molecule is Cc1nc(NC(=O)c2cccc(C(F)F)n2)cn2cc(C3CCOCC3)nc12. The van der Waals surface area contributed by atoms with Gasteiger partial charge in [0.05, 0.1) is 17.6 Å². The van der Waals surface area contributed by atoms with E-state index in [1.807, 2.05) is 10.6 Å². The van der Waals surface area contributed by atoms with E-state index >= 15 is 0 Å². The van der Waals surface area contributed by atoms with Gasteiger partial charge in [-0.1, -0.05) is 6.07 Å². The van der Waals surface area contributed by atoms with Crippen molar-refractivity contribution < 1.29 is 18.3 Å². The van der Waals surface area contributed by atoms with Crippen molar-refractivity contribution >= 4 is 17.4 Å². The summed E-state index contributed by atoms with van der Waals surface area (Å²) in [5.74, 6) is 0.0427.